The average molecular weight is 326 g/mol. The predicted octanol–water partition coefficient (Wildman–Crippen LogP) is 2.79. The van der Waals surface area contributed by atoms with Crippen LogP contribution in [0.3, 0.4) is 0 Å². The third kappa shape index (κ3) is 4.07. The first-order valence-electron chi connectivity index (χ1n) is 7.41. The molecule has 5 heteroatoms. The van der Waals surface area contributed by atoms with Gasteiger partial charge in [0, 0.05) is 12.0 Å². The fourth-order valence-electron chi connectivity index (χ4n) is 2.37. The van der Waals surface area contributed by atoms with E-state index < -0.39 is 17.7 Å². The molecule has 24 heavy (non-hydrogen) atoms. The summed E-state index contributed by atoms with van der Waals surface area (Å²) in [5, 5.41) is 0. The molecule has 0 N–H and O–H groups in total. The minimum absolute atomic E-state index is 0.107. The first-order valence-corrected chi connectivity index (χ1v) is 7.41. The van der Waals surface area contributed by atoms with Crippen molar-refractivity contribution in [3.63, 3.8) is 0 Å². The van der Waals surface area contributed by atoms with E-state index in [0.29, 0.717) is 16.9 Å². The highest BCUT2D eigenvalue weighted by Gasteiger charge is 2.30. The fraction of sp³-hybridized carbons (Fsp3) is 0.211. The quantitative estimate of drug-likeness (QED) is 0.444. The number of esters is 1. The van der Waals surface area contributed by atoms with Gasteiger partial charge in [-0.1, -0.05) is 42.5 Å². The second-order valence-corrected chi connectivity index (χ2v) is 5.17. The van der Waals surface area contributed by atoms with Crippen LogP contribution in [0.4, 0.5) is 0 Å². The Kier molecular flexibility index (Phi) is 5.84. The summed E-state index contributed by atoms with van der Waals surface area (Å²) in [5.41, 5.74) is 1.06. The summed E-state index contributed by atoms with van der Waals surface area (Å²) < 4.78 is 9.61. The maximum Gasteiger partial charge on any atom is 0.374 e. The van der Waals surface area contributed by atoms with Gasteiger partial charge in [-0.05, 0) is 17.7 Å². The topological polar surface area (TPSA) is 69.7 Å². The minimum Gasteiger partial charge on any atom is -0.497 e. The van der Waals surface area contributed by atoms with Gasteiger partial charge in [-0.25, -0.2) is 4.79 Å². The van der Waals surface area contributed by atoms with E-state index in [1.54, 1.807) is 54.6 Å². The molecule has 0 aliphatic carbocycles. The molecule has 0 bridgehead atoms. The van der Waals surface area contributed by atoms with Crippen molar-refractivity contribution >= 4 is 17.5 Å². The van der Waals surface area contributed by atoms with Gasteiger partial charge in [0.15, 0.2) is 5.78 Å². The van der Waals surface area contributed by atoms with E-state index in [9.17, 15) is 14.4 Å². The summed E-state index contributed by atoms with van der Waals surface area (Å²) >= 11 is 0. The third-order valence-electron chi connectivity index (χ3n) is 3.71. The zero-order valence-electron chi connectivity index (χ0n) is 13.5. The van der Waals surface area contributed by atoms with Gasteiger partial charge < -0.3 is 9.47 Å². The van der Waals surface area contributed by atoms with Gasteiger partial charge in [-0.2, -0.15) is 0 Å². The average Bonchev–Trinajstić information content (AvgIpc) is 2.65. The van der Waals surface area contributed by atoms with Gasteiger partial charge in [-0.3, -0.25) is 9.59 Å². The zero-order valence-corrected chi connectivity index (χ0v) is 13.5. The Morgan fingerprint density at radius 2 is 1.54 bits per heavy atom. The lowest BCUT2D eigenvalue weighted by Crippen LogP contribution is -2.25. The minimum atomic E-state index is -0.961. The standard InChI is InChI=1S/C19H18O5/c1-23-15-10-8-13(9-11-15)16(18(21)19(22)24-2)12-17(20)14-6-4-3-5-7-14/h3-11,16H,12H2,1-2H3. The van der Waals surface area contributed by atoms with E-state index in [-0.39, 0.29) is 12.2 Å². The highest BCUT2D eigenvalue weighted by molar-refractivity contribution is 6.36. The number of hydrogen-bond donors (Lipinski definition) is 0. The lowest BCUT2D eigenvalue weighted by atomic mass is 9.88. The van der Waals surface area contributed by atoms with Gasteiger partial charge >= 0.3 is 5.97 Å². The Morgan fingerprint density at radius 1 is 0.917 bits per heavy atom. The second-order valence-electron chi connectivity index (χ2n) is 5.17. The largest absolute Gasteiger partial charge is 0.497 e. The Labute approximate surface area is 140 Å². The van der Waals surface area contributed by atoms with Crippen LogP contribution in [0.1, 0.15) is 28.3 Å². The molecule has 0 saturated carbocycles. The fourth-order valence-corrected chi connectivity index (χ4v) is 2.37. The molecular weight excluding hydrogens is 308 g/mol. The van der Waals surface area contributed by atoms with Crippen LogP contribution in [0.15, 0.2) is 54.6 Å². The number of ketones is 2. The first kappa shape index (κ1) is 17.4. The molecule has 0 heterocycles. The summed E-state index contributed by atoms with van der Waals surface area (Å²) in [6.45, 7) is 0. The smallest absolute Gasteiger partial charge is 0.374 e. The van der Waals surface area contributed by atoms with Gasteiger partial charge in [0.05, 0.1) is 20.1 Å². The molecule has 0 aliphatic heterocycles. The molecule has 2 aromatic carbocycles. The van der Waals surface area contributed by atoms with E-state index in [1.165, 1.54) is 7.11 Å². The van der Waals surface area contributed by atoms with Gasteiger partial charge in [-0.15, -0.1) is 0 Å². The highest BCUT2D eigenvalue weighted by Crippen LogP contribution is 2.25. The highest BCUT2D eigenvalue weighted by atomic mass is 16.5. The number of methoxy groups -OCH3 is 2. The van der Waals surface area contributed by atoms with E-state index >= 15 is 0 Å². The second kappa shape index (κ2) is 8.06. The third-order valence-corrected chi connectivity index (χ3v) is 3.71. The Bertz CT molecular complexity index is 719. The van der Waals surface area contributed by atoms with E-state index in [2.05, 4.69) is 4.74 Å². The molecule has 2 aromatic rings. The van der Waals surface area contributed by atoms with Crippen LogP contribution in [0.25, 0.3) is 0 Å². The van der Waals surface area contributed by atoms with Crippen molar-refractivity contribution in [2.24, 2.45) is 0 Å². The molecule has 0 spiro atoms. The van der Waals surface area contributed by atoms with Crippen LogP contribution >= 0.6 is 0 Å². The Morgan fingerprint density at radius 3 is 2.08 bits per heavy atom. The molecule has 0 saturated heterocycles. The summed E-state index contributed by atoms with van der Waals surface area (Å²) in [5.74, 6) is -2.19. The van der Waals surface area contributed by atoms with Crippen molar-refractivity contribution < 1.29 is 23.9 Å². The molecule has 124 valence electrons. The van der Waals surface area contributed by atoms with Crippen LogP contribution in [-0.4, -0.2) is 31.8 Å². The van der Waals surface area contributed by atoms with Crippen LogP contribution in [0.2, 0.25) is 0 Å². The number of carbonyl (C=O) groups is 3. The van der Waals surface area contributed by atoms with Crippen molar-refractivity contribution in [2.45, 2.75) is 12.3 Å². The van der Waals surface area contributed by atoms with Crippen molar-refractivity contribution in [1.29, 1.82) is 0 Å². The normalized spacial score (nSPS) is 11.4. The van der Waals surface area contributed by atoms with Crippen LogP contribution in [0.5, 0.6) is 5.75 Å². The van der Waals surface area contributed by atoms with Crippen molar-refractivity contribution in [2.75, 3.05) is 14.2 Å². The van der Waals surface area contributed by atoms with Gasteiger partial charge in [0.1, 0.15) is 5.75 Å². The monoisotopic (exact) mass is 326 g/mol. The molecule has 1 atom stereocenters. The summed E-state index contributed by atoms with van der Waals surface area (Å²) in [6.07, 6.45) is -0.107. The number of Topliss-reactive ketones (excluding diaryl/α,β-unsaturated/α-hetero) is 2. The van der Waals surface area contributed by atoms with Crippen molar-refractivity contribution in [3.05, 3.63) is 65.7 Å². The number of benzene rings is 2. The van der Waals surface area contributed by atoms with E-state index in [4.69, 9.17) is 4.74 Å². The maximum atomic E-state index is 12.4. The number of hydrogen-bond acceptors (Lipinski definition) is 5. The van der Waals surface area contributed by atoms with Crippen molar-refractivity contribution in [3.8, 4) is 5.75 Å². The number of ether oxygens (including phenoxy) is 2. The predicted molar refractivity (Wildman–Crippen MR) is 88.1 cm³/mol. The summed E-state index contributed by atoms with van der Waals surface area (Å²) in [7, 11) is 2.68. The van der Waals surface area contributed by atoms with Crippen LogP contribution in [0, 0.1) is 0 Å². The Hall–Kier alpha value is -2.95. The number of carbonyl (C=O) groups excluding carboxylic acids is 3. The maximum absolute atomic E-state index is 12.4. The van der Waals surface area contributed by atoms with Crippen LogP contribution < -0.4 is 4.74 Å². The van der Waals surface area contributed by atoms with E-state index in [1.807, 2.05) is 0 Å². The van der Waals surface area contributed by atoms with Gasteiger partial charge in [0.25, 0.3) is 0 Å². The van der Waals surface area contributed by atoms with Crippen molar-refractivity contribution in [1.82, 2.24) is 0 Å². The molecule has 0 aliphatic rings. The first-order chi connectivity index (χ1) is 11.6. The van der Waals surface area contributed by atoms with Crippen LogP contribution in [-0.2, 0) is 14.3 Å². The number of rotatable bonds is 7. The molecular formula is C19H18O5. The molecule has 0 fully saturated rings. The molecule has 0 aromatic heterocycles. The van der Waals surface area contributed by atoms with E-state index in [0.717, 1.165) is 7.11 Å². The molecule has 1 unspecified atom stereocenters. The SMILES string of the molecule is COC(=O)C(=O)C(CC(=O)c1ccccc1)c1ccc(OC)cc1. The lowest BCUT2D eigenvalue weighted by Gasteiger charge is -2.15. The van der Waals surface area contributed by atoms with Gasteiger partial charge in [0.2, 0.25) is 5.78 Å². The summed E-state index contributed by atoms with van der Waals surface area (Å²) in [6, 6.07) is 15.4. The molecule has 0 radical (unpaired) electrons. The summed E-state index contributed by atoms with van der Waals surface area (Å²) in [4.78, 5) is 36.4. The Balaban J connectivity index is 2.30. The molecule has 2 rings (SSSR count). The lowest BCUT2D eigenvalue weighted by molar-refractivity contribution is -0.152. The molecule has 5 nitrogen and oxygen atoms in total. The molecule has 0 amide bonds. The zero-order chi connectivity index (χ0) is 17.5.